The van der Waals surface area contributed by atoms with Crippen molar-refractivity contribution in [2.45, 2.75) is 33.2 Å². The van der Waals surface area contributed by atoms with E-state index in [1.54, 1.807) is 0 Å². The highest BCUT2D eigenvalue weighted by molar-refractivity contribution is 5.24. The third kappa shape index (κ3) is 3.95. The van der Waals surface area contributed by atoms with Crippen molar-refractivity contribution in [2.24, 2.45) is 5.73 Å². The molecule has 0 atom stereocenters. The van der Waals surface area contributed by atoms with Crippen LogP contribution in [0.25, 0.3) is 0 Å². The van der Waals surface area contributed by atoms with Gasteiger partial charge in [0.2, 0.25) is 0 Å². The Bertz CT molecular complexity index is 290. The summed E-state index contributed by atoms with van der Waals surface area (Å²) in [6, 6.07) is 8.93. The molecular formula is C14H24N2. The lowest BCUT2D eigenvalue weighted by molar-refractivity contribution is 0.288. The lowest BCUT2D eigenvalue weighted by Gasteiger charge is -2.19. The minimum Gasteiger partial charge on any atom is -0.329 e. The molecule has 0 saturated carbocycles. The SMILES string of the molecule is CCN(CCN)Cc1ccc(C(C)C)cc1. The van der Waals surface area contributed by atoms with E-state index in [1.807, 2.05) is 0 Å². The topological polar surface area (TPSA) is 29.3 Å². The van der Waals surface area contributed by atoms with Gasteiger partial charge in [0.25, 0.3) is 0 Å². The van der Waals surface area contributed by atoms with E-state index in [4.69, 9.17) is 5.73 Å². The van der Waals surface area contributed by atoms with Crippen LogP contribution < -0.4 is 5.73 Å². The summed E-state index contributed by atoms with van der Waals surface area (Å²) in [6.07, 6.45) is 0. The normalized spacial score (nSPS) is 11.4. The second-order valence-corrected chi connectivity index (χ2v) is 4.55. The first-order valence-electron chi connectivity index (χ1n) is 6.18. The summed E-state index contributed by atoms with van der Waals surface area (Å²) in [7, 11) is 0. The smallest absolute Gasteiger partial charge is 0.0234 e. The Hall–Kier alpha value is -0.860. The molecule has 1 aromatic carbocycles. The van der Waals surface area contributed by atoms with E-state index < -0.39 is 0 Å². The quantitative estimate of drug-likeness (QED) is 0.798. The van der Waals surface area contributed by atoms with Gasteiger partial charge in [-0.2, -0.15) is 0 Å². The second kappa shape index (κ2) is 6.66. The minimum atomic E-state index is 0.611. The molecule has 0 aromatic heterocycles. The number of likely N-dealkylation sites (N-methyl/N-ethyl adjacent to an activating group) is 1. The van der Waals surface area contributed by atoms with E-state index in [0.717, 1.165) is 26.2 Å². The van der Waals surface area contributed by atoms with E-state index in [0.29, 0.717) is 5.92 Å². The first-order chi connectivity index (χ1) is 7.67. The molecule has 1 rings (SSSR count). The zero-order chi connectivity index (χ0) is 12.0. The first kappa shape index (κ1) is 13.2. The zero-order valence-corrected chi connectivity index (χ0v) is 10.7. The van der Waals surface area contributed by atoms with Crippen molar-refractivity contribution >= 4 is 0 Å². The average molecular weight is 220 g/mol. The lowest BCUT2D eigenvalue weighted by atomic mass is 10.0. The molecule has 0 spiro atoms. The van der Waals surface area contributed by atoms with Crippen LogP contribution >= 0.6 is 0 Å². The zero-order valence-electron chi connectivity index (χ0n) is 10.7. The molecule has 0 saturated heterocycles. The van der Waals surface area contributed by atoms with Gasteiger partial charge in [0.05, 0.1) is 0 Å². The molecule has 2 N–H and O–H groups in total. The third-order valence-electron chi connectivity index (χ3n) is 2.95. The predicted octanol–water partition coefficient (Wildman–Crippen LogP) is 2.59. The van der Waals surface area contributed by atoms with Gasteiger partial charge in [0.15, 0.2) is 0 Å². The number of nitrogens with two attached hydrogens (primary N) is 1. The molecule has 0 radical (unpaired) electrons. The van der Waals surface area contributed by atoms with Gasteiger partial charge in [0, 0.05) is 19.6 Å². The van der Waals surface area contributed by atoms with Crippen LogP contribution in [0.5, 0.6) is 0 Å². The van der Waals surface area contributed by atoms with Gasteiger partial charge in [0.1, 0.15) is 0 Å². The highest BCUT2D eigenvalue weighted by Gasteiger charge is 2.03. The third-order valence-corrected chi connectivity index (χ3v) is 2.95. The van der Waals surface area contributed by atoms with Crippen molar-refractivity contribution in [1.82, 2.24) is 4.90 Å². The average Bonchev–Trinajstić information content (AvgIpc) is 2.29. The molecular weight excluding hydrogens is 196 g/mol. The molecule has 90 valence electrons. The number of hydrogen-bond acceptors (Lipinski definition) is 2. The Labute approximate surface area is 99.5 Å². The Morgan fingerprint density at radius 2 is 1.81 bits per heavy atom. The number of hydrogen-bond donors (Lipinski definition) is 1. The van der Waals surface area contributed by atoms with Crippen LogP contribution in [0, 0.1) is 0 Å². The molecule has 2 heteroatoms. The molecule has 0 aliphatic rings. The summed E-state index contributed by atoms with van der Waals surface area (Å²) >= 11 is 0. The van der Waals surface area contributed by atoms with Crippen LogP contribution in [0.15, 0.2) is 24.3 Å². The fourth-order valence-electron chi connectivity index (χ4n) is 1.80. The van der Waals surface area contributed by atoms with E-state index in [2.05, 4.69) is 49.9 Å². The Morgan fingerprint density at radius 1 is 1.19 bits per heavy atom. The van der Waals surface area contributed by atoms with E-state index in [9.17, 15) is 0 Å². The van der Waals surface area contributed by atoms with Crippen molar-refractivity contribution in [2.75, 3.05) is 19.6 Å². The highest BCUT2D eigenvalue weighted by Crippen LogP contribution is 2.15. The fourth-order valence-corrected chi connectivity index (χ4v) is 1.80. The van der Waals surface area contributed by atoms with Crippen LogP contribution in [0.3, 0.4) is 0 Å². The first-order valence-corrected chi connectivity index (χ1v) is 6.18. The molecule has 1 aromatic rings. The number of benzene rings is 1. The van der Waals surface area contributed by atoms with Gasteiger partial charge in [-0.05, 0) is 23.6 Å². The van der Waals surface area contributed by atoms with Crippen LogP contribution in [0.1, 0.15) is 37.8 Å². The fraction of sp³-hybridized carbons (Fsp3) is 0.571. The summed E-state index contributed by atoms with van der Waals surface area (Å²) in [4.78, 5) is 2.37. The van der Waals surface area contributed by atoms with Crippen molar-refractivity contribution < 1.29 is 0 Å². The van der Waals surface area contributed by atoms with Crippen LogP contribution in [-0.4, -0.2) is 24.5 Å². The van der Waals surface area contributed by atoms with Crippen LogP contribution in [0.4, 0.5) is 0 Å². The predicted molar refractivity (Wildman–Crippen MR) is 70.5 cm³/mol. The maximum absolute atomic E-state index is 5.58. The van der Waals surface area contributed by atoms with Gasteiger partial charge in [-0.3, -0.25) is 4.90 Å². The van der Waals surface area contributed by atoms with Crippen molar-refractivity contribution in [3.8, 4) is 0 Å². The summed E-state index contributed by atoms with van der Waals surface area (Å²) in [5.74, 6) is 0.611. The molecule has 0 amide bonds. The van der Waals surface area contributed by atoms with E-state index >= 15 is 0 Å². The summed E-state index contributed by atoms with van der Waals surface area (Å²) in [6.45, 7) is 10.4. The monoisotopic (exact) mass is 220 g/mol. The van der Waals surface area contributed by atoms with Crippen molar-refractivity contribution in [1.29, 1.82) is 0 Å². The number of rotatable bonds is 6. The second-order valence-electron chi connectivity index (χ2n) is 4.55. The highest BCUT2D eigenvalue weighted by atomic mass is 15.1. The molecule has 0 heterocycles. The Balaban J connectivity index is 2.60. The van der Waals surface area contributed by atoms with Gasteiger partial charge in [-0.15, -0.1) is 0 Å². The van der Waals surface area contributed by atoms with Gasteiger partial charge in [-0.1, -0.05) is 45.0 Å². The molecule has 16 heavy (non-hydrogen) atoms. The molecule has 0 aliphatic carbocycles. The minimum absolute atomic E-state index is 0.611. The van der Waals surface area contributed by atoms with E-state index in [-0.39, 0.29) is 0 Å². The van der Waals surface area contributed by atoms with Gasteiger partial charge >= 0.3 is 0 Å². The standard InChI is InChI=1S/C14H24N2/c1-4-16(10-9-15)11-13-5-7-14(8-6-13)12(2)3/h5-8,12H,4,9-11,15H2,1-3H3. The Kier molecular flexibility index (Phi) is 5.50. The maximum Gasteiger partial charge on any atom is 0.0234 e. The van der Waals surface area contributed by atoms with Crippen LogP contribution in [0.2, 0.25) is 0 Å². The van der Waals surface area contributed by atoms with Crippen molar-refractivity contribution in [3.63, 3.8) is 0 Å². The van der Waals surface area contributed by atoms with Crippen molar-refractivity contribution in [3.05, 3.63) is 35.4 Å². The van der Waals surface area contributed by atoms with Gasteiger partial charge < -0.3 is 5.73 Å². The summed E-state index contributed by atoms with van der Waals surface area (Å²) < 4.78 is 0. The Morgan fingerprint density at radius 3 is 2.25 bits per heavy atom. The molecule has 2 nitrogen and oxygen atoms in total. The lowest BCUT2D eigenvalue weighted by Crippen LogP contribution is -2.28. The molecule has 0 aliphatic heterocycles. The van der Waals surface area contributed by atoms with Crippen LogP contribution in [-0.2, 0) is 6.54 Å². The molecule has 0 unspecified atom stereocenters. The van der Waals surface area contributed by atoms with E-state index in [1.165, 1.54) is 11.1 Å². The summed E-state index contributed by atoms with van der Waals surface area (Å²) in [5.41, 5.74) is 8.36. The van der Waals surface area contributed by atoms with Gasteiger partial charge in [-0.25, -0.2) is 0 Å². The summed E-state index contributed by atoms with van der Waals surface area (Å²) in [5, 5.41) is 0. The number of nitrogens with zero attached hydrogens (tertiary/aromatic N) is 1. The maximum atomic E-state index is 5.58. The largest absolute Gasteiger partial charge is 0.329 e. The molecule has 0 bridgehead atoms. The molecule has 0 fully saturated rings.